The fraction of sp³-hybridized carbons (Fsp3) is 0.816. The molecule has 14 heteroatoms. The van der Waals surface area contributed by atoms with Gasteiger partial charge in [-0.05, 0) is 64.2 Å². The predicted molar refractivity (Wildman–Crippen MR) is 244 cm³/mol. The number of rotatable bonds is 36. The van der Waals surface area contributed by atoms with Crippen LogP contribution in [0.2, 0.25) is 0 Å². The van der Waals surface area contributed by atoms with E-state index < -0.39 is 86.8 Å². The standard InChI is InChI=1S/C49H87NO13/c1-3-5-7-9-11-13-15-17-18-19-20-21-23-25-27-29-31-33-41(54)50-37(38(53)32-30-28-26-24-22-16-14-12-10-8-6-4-2)36-60-48-46(59)44(57)47(40(35-52)62-48)63-49-45(58)43(56)42(55)39(34-51)61-49/h11,13,17-18,22,24,30,32,37-40,42-49,51-53,55-59H,3-10,12,14-16,19-21,23,25-29,31,33-36H2,1-2H3,(H,50,54)/b13-11-,18-17-,24-22+,32-30+. The molecule has 2 rings (SSSR count). The van der Waals surface area contributed by atoms with E-state index in [-0.39, 0.29) is 18.9 Å². The smallest absolute Gasteiger partial charge is 0.220 e. The van der Waals surface area contributed by atoms with Gasteiger partial charge in [-0.3, -0.25) is 4.79 Å². The molecule has 2 aliphatic rings. The number of allylic oxidation sites excluding steroid dienone is 7. The zero-order valence-electron chi connectivity index (χ0n) is 38.6. The number of carbonyl (C=O) groups excluding carboxylic acids is 1. The minimum atomic E-state index is -1.79. The number of ether oxygens (including phenoxy) is 4. The molecule has 12 unspecified atom stereocenters. The molecule has 0 aromatic carbocycles. The Hall–Kier alpha value is -2.05. The Morgan fingerprint density at radius 2 is 1.06 bits per heavy atom. The van der Waals surface area contributed by atoms with Crippen LogP contribution in [0.5, 0.6) is 0 Å². The van der Waals surface area contributed by atoms with Crippen LogP contribution in [0.25, 0.3) is 0 Å². The Morgan fingerprint density at radius 3 is 1.68 bits per heavy atom. The van der Waals surface area contributed by atoms with E-state index in [1.807, 2.05) is 6.08 Å². The van der Waals surface area contributed by atoms with Crippen LogP contribution in [0.1, 0.15) is 162 Å². The summed E-state index contributed by atoms with van der Waals surface area (Å²) in [6.45, 7) is 2.69. The minimum Gasteiger partial charge on any atom is -0.394 e. The summed E-state index contributed by atoms with van der Waals surface area (Å²) in [5.74, 6) is -0.261. The highest BCUT2D eigenvalue weighted by molar-refractivity contribution is 5.76. The van der Waals surface area contributed by atoms with E-state index in [2.05, 4.69) is 55.6 Å². The highest BCUT2D eigenvalue weighted by atomic mass is 16.7. The summed E-state index contributed by atoms with van der Waals surface area (Å²) in [5.41, 5.74) is 0. The lowest BCUT2D eigenvalue weighted by Crippen LogP contribution is -2.65. The third-order valence-electron chi connectivity index (χ3n) is 11.7. The Kier molecular flexibility index (Phi) is 32.7. The van der Waals surface area contributed by atoms with Crippen molar-refractivity contribution in [3.8, 4) is 0 Å². The number of carbonyl (C=O) groups is 1. The van der Waals surface area contributed by atoms with Gasteiger partial charge in [-0.2, -0.15) is 0 Å². The van der Waals surface area contributed by atoms with Gasteiger partial charge in [-0.25, -0.2) is 0 Å². The average Bonchev–Trinajstić information content (AvgIpc) is 3.28. The molecule has 0 aromatic heterocycles. The first-order valence-corrected chi connectivity index (χ1v) is 24.4. The fourth-order valence-corrected chi connectivity index (χ4v) is 7.69. The quantitative estimate of drug-likeness (QED) is 0.0272. The topological polar surface area (TPSA) is 228 Å². The Labute approximate surface area is 378 Å². The van der Waals surface area contributed by atoms with Crippen LogP contribution in [0.3, 0.4) is 0 Å². The molecule has 12 atom stereocenters. The highest BCUT2D eigenvalue weighted by Crippen LogP contribution is 2.30. The largest absolute Gasteiger partial charge is 0.394 e. The van der Waals surface area contributed by atoms with Crippen LogP contribution >= 0.6 is 0 Å². The van der Waals surface area contributed by atoms with Crippen molar-refractivity contribution < 1.29 is 64.6 Å². The molecule has 2 saturated heterocycles. The lowest BCUT2D eigenvalue weighted by atomic mass is 9.97. The maximum Gasteiger partial charge on any atom is 0.220 e. The van der Waals surface area contributed by atoms with E-state index in [9.17, 15) is 45.6 Å². The predicted octanol–water partition coefficient (Wildman–Crippen LogP) is 5.71. The lowest BCUT2D eigenvalue weighted by molar-refractivity contribution is -0.359. The Bertz CT molecular complexity index is 1250. The SMILES string of the molecule is CCCCC/C=C\C/C=C\CCCCCCCCCC(=O)NC(COC1OC(CO)C(OC2OC(CO)C(O)C(O)C2O)C(O)C1O)C(O)/C=C/CC/C=C/CCCCCCCC. The minimum absolute atomic E-state index is 0.261. The van der Waals surface area contributed by atoms with Gasteiger partial charge in [-0.1, -0.05) is 140 Å². The number of amides is 1. The summed E-state index contributed by atoms with van der Waals surface area (Å²) in [7, 11) is 0. The van der Waals surface area contributed by atoms with E-state index >= 15 is 0 Å². The van der Waals surface area contributed by atoms with Crippen molar-refractivity contribution in [1.82, 2.24) is 5.32 Å². The van der Waals surface area contributed by atoms with Crippen molar-refractivity contribution in [1.29, 1.82) is 0 Å². The van der Waals surface area contributed by atoms with Crippen molar-refractivity contribution in [3.63, 3.8) is 0 Å². The molecule has 2 aliphatic heterocycles. The maximum absolute atomic E-state index is 13.1. The first-order valence-electron chi connectivity index (χ1n) is 24.4. The molecule has 2 heterocycles. The summed E-state index contributed by atoms with van der Waals surface area (Å²) >= 11 is 0. The van der Waals surface area contributed by atoms with E-state index in [0.29, 0.717) is 12.8 Å². The molecular weight excluding hydrogens is 811 g/mol. The van der Waals surface area contributed by atoms with Gasteiger partial charge in [0.25, 0.3) is 0 Å². The van der Waals surface area contributed by atoms with Gasteiger partial charge in [0.15, 0.2) is 12.6 Å². The third-order valence-corrected chi connectivity index (χ3v) is 11.7. The van der Waals surface area contributed by atoms with Gasteiger partial charge in [0.05, 0.1) is 32.0 Å². The molecule has 0 spiro atoms. The average molecular weight is 898 g/mol. The second-order valence-electron chi connectivity index (χ2n) is 17.2. The molecule has 14 nitrogen and oxygen atoms in total. The third kappa shape index (κ3) is 23.8. The van der Waals surface area contributed by atoms with Crippen LogP contribution < -0.4 is 5.32 Å². The molecule has 9 N–H and O–H groups in total. The van der Waals surface area contributed by atoms with E-state index in [1.165, 1.54) is 77.0 Å². The van der Waals surface area contributed by atoms with Crippen molar-refractivity contribution in [2.45, 2.75) is 235 Å². The number of nitrogens with one attached hydrogen (secondary N) is 1. The summed E-state index contributed by atoms with van der Waals surface area (Å²) in [6.07, 6.45) is 24.4. The Morgan fingerprint density at radius 1 is 0.571 bits per heavy atom. The van der Waals surface area contributed by atoms with Crippen molar-refractivity contribution >= 4 is 5.91 Å². The maximum atomic E-state index is 13.1. The van der Waals surface area contributed by atoms with E-state index in [1.54, 1.807) is 6.08 Å². The molecule has 366 valence electrons. The van der Waals surface area contributed by atoms with E-state index in [4.69, 9.17) is 18.9 Å². The second kappa shape index (κ2) is 36.1. The summed E-state index contributed by atoms with van der Waals surface area (Å²) in [5, 5.41) is 86.5. The first kappa shape index (κ1) is 57.1. The number of hydrogen-bond donors (Lipinski definition) is 9. The molecule has 0 aliphatic carbocycles. The molecule has 0 radical (unpaired) electrons. The molecule has 1 amide bonds. The molecular formula is C49H87NO13. The van der Waals surface area contributed by atoms with Gasteiger partial charge < -0.3 is 65.1 Å². The van der Waals surface area contributed by atoms with Crippen molar-refractivity contribution in [2.75, 3.05) is 19.8 Å². The summed E-state index contributed by atoms with van der Waals surface area (Å²) in [4.78, 5) is 13.1. The fourth-order valence-electron chi connectivity index (χ4n) is 7.69. The van der Waals surface area contributed by atoms with Gasteiger partial charge in [0.1, 0.15) is 48.8 Å². The van der Waals surface area contributed by atoms with Crippen LogP contribution in [-0.2, 0) is 23.7 Å². The van der Waals surface area contributed by atoms with Crippen LogP contribution in [0, 0.1) is 0 Å². The number of aliphatic hydroxyl groups excluding tert-OH is 8. The van der Waals surface area contributed by atoms with Crippen molar-refractivity contribution in [3.05, 3.63) is 48.6 Å². The molecule has 0 aromatic rings. The monoisotopic (exact) mass is 898 g/mol. The van der Waals surface area contributed by atoms with Gasteiger partial charge in [0.2, 0.25) is 5.91 Å². The molecule has 2 fully saturated rings. The molecule has 63 heavy (non-hydrogen) atoms. The van der Waals surface area contributed by atoms with Crippen LogP contribution in [0.4, 0.5) is 0 Å². The zero-order chi connectivity index (χ0) is 46.1. The lowest BCUT2D eigenvalue weighted by Gasteiger charge is -2.46. The number of unbranched alkanes of at least 4 members (excludes halogenated alkanes) is 17. The summed E-state index contributed by atoms with van der Waals surface area (Å²) < 4.78 is 22.6. The highest BCUT2D eigenvalue weighted by Gasteiger charge is 2.51. The van der Waals surface area contributed by atoms with Crippen molar-refractivity contribution in [2.24, 2.45) is 0 Å². The van der Waals surface area contributed by atoms with Gasteiger partial charge >= 0.3 is 0 Å². The molecule has 0 saturated carbocycles. The summed E-state index contributed by atoms with van der Waals surface area (Å²) in [6, 6.07) is -0.934. The normalized spacial score (nSPS) is 27.9. The van der Waals surface area contributed by atoms with E-state index in [0.717, 1.165) is 51.4 Å². The first-order chi connectivity index (χ1) is 30.6. The van der Waals surface area contributed by atoms with Crippen LogP contribution in [-0.4, -0.2) is 140 Å². The van der Waals surface area contributed by atoms with Crippen LogP contribution in [0.15, 0.2) is 48.6 Å². The molecule has 0 bridgehead atoms. The number of hydrogen-bond acceptors (Lipinski definition) is 13. The zero-order valence-corrected chi connectivity index (χ0v) is 38.6. The van der Waals surface area contributed by atoms with Gasteiger partial charge in [-0.15, -0.1) is 0 Å². The number of aliphatic hydroxyl groups is 8. The second-order valence-corrected chi connectivity index (χ2v) is 17.2. The Balaban J connectivity index is 1.88. The van der Waals surface area contributed by atoms with Gasteiger partial charge in [0, 0.05) is 6.42 Å².